The summed E-state index contributed by atoms with van der Waals surface area (Å²) in [4.78, 5) is 14.0. The average Bonchev–Trinajstić information content (AvgIpc) is 2.59. The number of benzene rings is 1. The summed E-state index contributed by atoms with van der Waals surface area (Å²) in [5.41, 5.74) is 1.17. The molecule has 1 N–H and O–H groups in total. The fraction of sp³-hybridized carbons (Fsp3) is 0. The SMILES string of the molecule is C=c1[nH]c(=Cc2ccc(C#N)cc2)c(=O)o1. The smallest absolute Gasteiger partial charge is 0.361 e. The first-order valence-corrected chi connectivity index (χ1v) is 4.59. The van der Waals surface area contributed by atoms with E-state index in [1.54, 1.807) is 30.3 Å². The molecule has 0 saturated carbocycles. The first-order chi connectivity index (χ1) is 7.69. The van der Waals surface area contributed by atoms with Crippen molar-refractivity contribution in [2.24, 2.45) is 0 Å². The lowest BCUT2D eigenvalue weighted by Gasteiger charge is -1.90. The second-order valence-corrected chi connectivity index (χ2v) is 3.23. The third-order valence-corrected chi connectivity index (χ3v) is 2.06. The number of H-pyrrole nitrogens is 1. The standard InChI is InChI=1S/C12H8N2O2/c1-8-14-11(12(15)16-8)6-9-2-4-10(7-13)5-3-9/h2-6,14H,1H2. The van der Waals surface area contributed by atoms with Gasteiger partial charge in [-0.1, -0.05) is 12.1 Å². The Hall–Kier alpha value is -2.54. The van der Waals surface area contributed by atoms with E-state index in [9.17, 15) is 4.79 Å². The van der Waals surface area contributed by atoms with Gasteiger partial charge in [-0.2, -0.15) is 5.26 Å². The molecule has 4 heteroatoms. The lowest BCUT2D eigenvalue weighted by molar-refractivity contribution is 0.488. The van der Waals surface area contributed by atoms with E-state index in [1.165, 1.54) is 0 Å². The Bertz CT molecular complexity index is 699. The molecule has 2 rings (SSSR count). The van der Waals surface area contributed by atoms with Gasteiger partial charge in [0.2, 0.25) is 0 Å². The maximum Gasteiger partial charge on any atom is 0.361 e. The van der Waals surface area contributed by atoms with E-state index in [4.69, 9.17) is 9.68 Å². The van der Waals surface area contributed by atoms with Crippen LogP contribution in [-0.2, 0) is 0 Å². The lowest BCUT2D eigenvalue weighted by Crippen LogP contribution is -2.20. The van der Waals surface area contributed by atoms with Crippen molar-refractivity contribution in [3.05, 3.63) is 56.7 Å². The van der Waals surface area contributed by atoms with Gasteiger partial charge in [-0.25, -0.2) is 4.79 Å². The van der Waals surface area contributed by atoms with Gasteiger partial charge in [0.15, 0.2) is 5.55 Å². The van der Waals surface area contributed by atoms with Crippen LogP contribution >= 0.6 is 0 Å². The number of aromatic nitrogens is 1. The minimum atomic E-state index is -0.450. The van der Waals surface area contributed by atoms with Crippen molar-refractivity contribution in [3.8, 4) is 6.07 Å². The van der Waals surface area contributed by atoms with E-state index in [-0.39, 0.29) is 5.55 Å². The fourth-order valence-corrected chi connectivity index (χ4v) is 1.31. The summed E-state index contributed by atoms with van der Waals surface area (Å²) in [6.45, 7) is 3.49. The van der Waals surface area contributed by atoms with Crippen LogP contribution in [-0.4, -0.2) is 4.98 Å². The van der Waals surface area contributed by atoms with Crippen molar-refractivity contribution in [1.82, 2.24) is 4.98 Å². The van der Waals surface area contributed by atoms with Crippen molar-refractivity contribution in [1.29, 1.82) is 5.26 Å². The van der Waals surface area contributed by atoms with Gasteiger partial charge in [0.05, 0.1) is 11.6 Å². The first-order valence-electron chi connectivity index (χ1n) is 4.59. The summed E-state index contributed by atoms with van der Waals surface area (Å²) in [6, 6.07) is 8.89. The first kappa shape index (κ1) is 9.99. The molecule has 4 nitrogen and oxygen atoms in total. The predicted octanol–water partition coefficient (Wildman–Crippen LogP) is 0.0787. The number of nitrogens with one attached hydrogen (secondary N) is 1. The fourth-order valence-electron chi connectivity index (χ4n) is 1.31. The van der Waals surface area contributed by atoms with E-state index in [0.717, 1.165) is 5.56 Å². The van der Waals surface area contributed by atoms with E-state index in [2.05, 4.69) is 11.6 Å². The molecular weight excluding hydrogens is 204 g/mol. The molecule has 0 bridgehead atoms. The molecule has 0 saturated heterocycles. The Morgan fingerprint density at radius 1 is 1.38 bits per heavy atom. The van der Waals surface area contributed by atoms with Gasteiger partial charge >= 0.3 is 5.63 Å². The van der Waals surface area contributed by atoms with Crippen LogP contribution < -0.4 is 16.5 Å². The number of oxazole rings is 1. The monoisotopic (exact) mass is 212 g/mol. The molecular formula is C12H8N2O2. The molecule has 1 heterocycles. The second kappa shape index (κ2) is 3.91. The van der Waals surface area contributed by atoms with E-state index >= 15 is 0 Å². The van der Waals surface area contributed by atoms with Crippen molar-refractivity contribution in [2.75, 3.05) is 0 Å². The molecule has 0 aliphatic rings. The average molecular weight is 212 g/mol. The Labute approximate surface area is 90.8 Å². The van der Waals surface area contributed by atoms with Crippen LogP contribution in [0.2, 0.25) is 0 Å². The number of nitrogens with zero attached hydrogens (tertiary/aromatic N) is 1. The van der Waals surface area contributed by atoms with Gasteiger partial charge in [-0.3, -0.25) is 0 Å². The van der Waals surface area contributed by atoms with Gasteiger partial charge in [0.1, 0.15) is 5.35 Å². The van der Waals surface area contributed by atoms with Crippen molar-refractivity contribution >= 4 is 12.7 Å². The predicted molar refractivity (Wildman–Crippen MR) is 58.8 cm³/mol. The topological polar surface area (TPSA) is 69.8 Å². The Balaban J connectivity index is 2.52. The lowest BCUT2D eigenvalue weighted by atomic mass is 10.1. The number of hydrogen-bond acceptors (Lipinski definition) is 3. The highest BCUT2D eigenvalue weighted by atomic mass is 16.4. The molecule has 1 aromatic heterocycles. The van der Waals surface area contributed by atoms with Crippen molar-refractivity contribution in [3.63, 3.8) is 0 Å². The zero-order valence-corrected chi connectivity index (χ0v) is 8.36. The van der Waals surface area contributed by atoms with Gasteiger partial charge < -0.3 is 9.40 Å². The molecule has 16 heavy (non-hydrogen) atoms. The zero-order valence-electron chi connectivity index (χ0n) is 8.36. The molecule has 0 unspecified atom stereocenters. The van der Waals surface area contributed by atoms with Crippen molar-refractivity contribution in [2.45, 2.75) is 0 Å². The van der Waals surface area contributed by atoms with Crippen LogP contribution in [0.15, 0.2) is 33.5 Å². The van der Waals surface area contributed by atoms with Crippen molar-refractivity contribution < 1.29 is 4.42 Å². The van der Waals surface area contributed by atoms with E-state index in [1.807, 2.05) is 6.07 Å². The molecule has 0 amide bonds. The summed E-state index contributed by atoms with van der Waals surface area (Å²) >= 11 is 0. The second-order valence-electron chi connectivity index (χ2n) is 3.23. The molecule has 0 spiro atoms. The third kappa shape index (κ3) is 1.93. The van der Waals surface area contributed by atoms with Gasteiger partial charge in [0.25, 0.3) is 0 Å². The summed E-state index contributed by atoms with van der Waals surface area (Å²) in [5, 5.41) is 8.97. The van der Waals surface area contributed by atoms with Crippen LogP contribution in [0.5, 0.6) is 0 Å². The zero-order chi connectivity index (χ0) is 11.5. The summed E-state index contributed by atoms with van der Waals surface area (Å²) in [6.07, 6.45) is 1.64. The van der Waals surface area contributed by atoms with Crippen LogP contribution in [0.4, 0.5) is 0 Å². The molecule has 1 aromatic carbocycles. The highest BCUT2D eigenvalue weighted by molar-refractivity contribution is 5.49. The highest BCUT2D eigenvalue weighted by Gasteiger charge is 1.95. The van der Waals surface area contributed by atoms with Gasteiger partial charge in [0, 0.05) is 0 Å². The largest absolute Gasteiger partial charge is 0.405 e. The maximum absolute atomic E-state index is 11.2. The summed E-state index contributed by atoms with van der Waals surface area (Å²) in [7, 11) is 0. The van der Waals surface area contributed by atoms with E-state index in [0.29, 0.717) is 10.9 Å². The summed E-state index contributed by atoms with van der Waals surface area (Å²) in [5.74, 6) is 0. The third-order valence-electron chi connectivity index (χ3n) is 2.06. The molecule has 0 fully saturated rings. The highest BCUT2D eigenvalue weighted by Crippen LogP contribution is 2.02. The Morgan fingerprint density at radius 3 is 2.56 bits per heavy atom. The Kier molecular flexibility index (Phi) is 2.44. The van der Waals surface area contributed by atoms with Crippen LogP contribution in [0.3, 0.4) is 0 Å². The molecule has 0 atom stereocenters. The number of rotatable bonds is 1. The quantitative estimate of drug-likeness (QED) is 0.727. The molecule has 0 aliphatic heterocycles. The minimum absolute atomic E-state index is 0.227. The summed E-state index contributed by atoms with van der Waals surface area (Å²) < 4.78 is 4.73. The molecule has 78 valence electrons. The minimum Gasteiger partial charge on any atom is -0.405 e. The van der Waals surface area contributed by atoms with Crippen LogP contribution in [0, 0.1) is 11.3 Å². The van der Waals surface area contributed by atoms with E-state index < -0.39 is 5.63 Å². The maximum atomic E-state index is 11.2. The number of nitriles is 1. The van der Waals surface area contributed by atoms with Crippen LogP contribution in [0.1, 0.15) is 11.1 Å². The molecule has 0 radical (unpaired) electrons. The normalized spacial score (nSPS) is 11.3. The Morgan fingerprint density at radius 2 is 2.06 bits per heavy atom. The van der Waals surface area contributed by atoms with Gasteiger partial charge in [-0.15, -0.1) is 0 Å². The number of hydrogen-bond donors (Lipinski definition) is 1. The van der Waals surface area contributed by atoms with Crippen LogP contribution in [0.25, 0.3) is 12.7 Å². The molecule has 0 aliphatic carbocycles. The number of aromatic amines is 1. The molecule has 2 aromatic rings. The van der Waals surface area contributed by atoms with Gasteiger partial charge in [-0.05, 0) is 30.4 Å².